The zero-order valence-electron chi connectivity index (χ0n) is 31.9. The average Bonchev–Trinajstić information content (AvgIpc) is 3.19. The fourth-order valence-electron chi connectivity index (χ4n) is 5.76. The number of aliphatic carboxylic acids is 1. The molecule has 0 radical (unpaired) electrons. The molecule has 0 atom stereocenters. The van der Waals surface area contributed by atoms with Crippen LogP contribution in [0.2, 0.25) is 0 Å². The van der Waals surface area contributed by atoms with E-state index in [1.165, 1.54) is 42.5 Å². The van der Waals surface area contributed by atoms with Gasteiger partial charge in [-0.25, -0.2) is 16.8 Å². The zero-order chi connectivity index (χ0) is 40.5. The number of carbonyl (C=O) groups excluding carboxylic acids is 2. The van der Waals surface area contributed by atoms with Gasteiger partial charge in [-0.15, -0.1) is 15.3 Å². The van der Waals surface area contributed by atoms with Gasteiger partial charge in [0, 0.05) is 32.8 Å². The first kappa shape index (κ1) is 48.4. The van der Waals surface area contributed by atoms with Crippen LogP contribution in [-0.4, -0.2) is 43.4 Å². The van der Waals surface area contributed by atoms with Gasteiger partial charge in [-0.2, -0.15) is 10.2 Å². The number of hydrogen-bond acceptors (Lipinski definition) is 16. The summed E-state index contributed by atoms with van der Waals surface area (Å²) in [6.45, 7) is 0. The van der Waals surface area contributed by atoms with E-state index in [0.717, 1.165) is 41.5 Å². The second kappa shape index (κ2) is 20.1. The molecule has 7 rings (SSSR count). The summed E-state index contributed by atoms with van der Waals surface area (Å²) in [7, 11) is -9.59. The minimum Gasteiger partial charge on any atom is -0.744 e. The summed E-state index contributed by atoms with van der Waals surface area (Å²) in [4.78, 5) is 21.8. The van der Waals surface area contributed by atoms with E-state index < -0.39 is 47.4 Å². The molecule has 3 N–H and O–H groups in total. The maximum absolute atomic E-state index is 11.9. The molecule has 0 aliphatic heterocycles. The summed E-state index contributed by atoms with van der Waals surface area (Å²) in [5, 5.41) is 33.9. The van der Waals surface area contributed by atoms with Crippen molar-refractivity contribution in [1.82, 2.24) is 0 Å². The van der Waals surface area contributed by atoms with Crippen LogP contribution in [0.3, 0.4) is 0 Å². The number of ketones is 1. The van der Waals surface area contributed by atoms with Crippen LogP contribution >= 0.6 is 0 Å². The van der Waals surface area contributed by atoms with Crippen LogP contribution in [0, 0.1) is 0 Å². The Morgan fingerprint density at radius 2 is 1.07 bits per heavy atom. The Bertz CT molecular complexity index is 3050. The number of carboxylic acid groups (broad SMARTS) is 1. The number of rotatable bonds is 10. The van der Waals surface area contributed by atoms with Crippen molar-refractivity contribution in [2.24, 2.45) is 25.6 Å². The van der Waals surface area contributed by atoms with Gasteiger partial charge >= 0.3 is 88.7 Å². The van der Waals surface area contributed by atoms with Gasteiger partial charge in [0.25, 0.3) is 0 Å². The van der Waals surface area contributed by atoms with E-state index in [4.69, 9.17) is 5.73 Å². The number of hydrazone groups is 1. The van der Waals surface area contributed by atoms with Crippen molar-refractivity contribution in [3.8, 4) is 11.1 Å². The summed E-state index contributed by atoms with van der Waals surface area (Å²) >= 11 is 0. The number of nitrogens with one attached hydrogen (secondary N) is 1. The van der Waals surface area contributed by atoms with Gasteiger partial charge in [-0.1, -0.05) is 36.4 Å². The van der Waals surface area contributed by atoms with E-state index in [9.17, 15) is 40.6 Å². The van der Waals surface area contributed by atoms with Crippen LogP contribution < -0.4 is 105 Å². The zero-order valence-corrected chi connectivity index (χ0v) is 39.6. The summed E-state index contributed by atoms with van der Waals surface area (Å²) in [5.74, 6) is -2.25. The number of carbonyl (C=O) groups is 2. The first-order valence-corrected chi connectivity index (χ1v) is 19.3. The third-order valence-electron chi connectivity index (χ3n) is 8.64. The topological polar surface area (TPSA) is 271 Å². The molecule has 1 aliphatic carbocycles. The Kier molecular flexibility index (Phi) is 16.2. The molecule has 1 aliphatic rings. The standard InChI is InChI=1S/C39H27N7O9S2.3Na/c40-34-14-15-35(29-12-10-27(20-31(29)34)56(50,51)52)45-46-37-17-16-36(30-13-11-28(21-32(30)37)57(53,54)55)44-42-25-7-3-23(4-8-25)22-1-5-24(6-2-22)41-43-26-9-18-38(47)33(19-26)39(48)49;;;/h1-21,41H,40H2,(H,48,49)(H,50,51,52)(H,53,54,55);;;/q;3*+1/p-3/b43-26-,44-42?,46-45?;;;. The first-order chi connectivity index (χ1) is 27.1. The second-order valence-electron chi connectivity index (χ2n) is 12.3. The first-order valence-electron chi connectivity index (χ1n) is 16.5. The van der Waals surface area contributed by atoms with Crippen LogP contribution in [0.15, 0.2) is 168 Å². The fraction of sp³-hybridized carbons (Fsp3) is 0. The van der Waals surface area contributed by atoms with Crippen molar-refractivity contribution in [3.05, 3.63) is 133 Å². The third-order valence-corrected chi connectivity index (χ3v) is 10.3. The number of fused-ring (bicyclic) bond motifs is 2. The second-order valence-corrected chi connectivity index (χ2v) is 15.1. The number of azo groups is 2. The Labute approximate surface area is 408 Å². The van der Waals surface area contributed by atoms with Crippen LogP contribution in [0.4, 0.5) is 34.1 Å². The number of allylic oxidation sites excluding steroid dienone is 3. The fourth-order valence-corrected chi connectivity index (χ4v) is 6.75. The molecule has 0 saturated heterocycles. The van der Waals surface area contributed by atoms with Gasteiger partial charge in [-0.3, -0.25) is 10.2 Å². The van der Waals surface area contributed by atoms with Gasteiger partial charge in [0.2, 0.25) is 0 Å². The van der Waals surface area contributed by atoms with E-state index in [-0.39, 0.29) is 122 Å². The molecular formula is C39H24N7Na3O9S2. The minimum absolute atomic E-state index is 0. The molecule has 16 nitrogen and oxygen atoms in total. The number of nitrogens with two attached hydrogens (primary N) is 1. The van der Waals surface area contributed by atoms with Gasteiger partial charge in [0.05, 0.1) is 49.9 Å². The monoisotopic (exact) mass is 867 g/mol. The Morgan fingerprint density at radius 1 is 0.583 bits per heavy atom. The van der Waals surface area contributed by atoms with Crippen molar-refractivity contribution in [2.75, 3.05) is 11.2 Å². The summed E-state index contributed by atoms with van der Waals surface area (Å²) in [6.07, 6.45) is 3.61. The van der Waals surface area contributed by atoms with Gasteiger partial charge in [0.15, 0.2) is 5.78 Å². The van der Waals surface area contributed by atoms with Crippen LogP contribution in [0.25, 0.3) is 32.7 Å². The maximum Gasteiger partial charge on any atom is 1.00 e. The van der Waals surface area contributed by atoms with E-state index >= 15 is 0 Å². The van der Waals surface area contributed by atoms with E-state index in [0.29, 0.717) is 27.8 Å². The molecule has 0 fully saturated rings. The van der Waals surface area contributed by atoms with Crippen LogP contribution in [0.1, 0.15) is 0 Å². The smallest absolute Gasteiger partial charge is 0.744 e. The van der Waals surface area contributed by atoms with Crippen molar-refractivity contribution in [1.29, 1.82) is 0 Å². The molecule has 0 saturated carbocycles. The molecule has 0 heterocycles. The Morgan fingerprint density at radius 3 is 1.62 bits per heavy atom. The number of nitrogens with zero attached hydrogens (tertiary/aromatic N) is 5. The molecule has 0 aromatic heterocycles. The van der Waals surface area contributed by atoms with Crippen molar-refractivity contribution in [3.63, 3.8) is 0 Å². The number of nitrogen functional groups attached to an aromatic ring is 1. The Hall–Kier alpha value is -4.25. The van der Waals surface area contributed by atoms with Gasteiger partial charge in [-0.05, 0) is 102 Å². The van der Waals surface area contributed by atoms with E-state index in [2.05, 4.69) is 31.0 Å². The molecular weight excluding hydrogens is 844 g/mol. The summed E-state index contributed by atoms with van der Waals surface area (Å²) in [6, 6.07) is 27.9. The molecule has 0 bridgehead atoms. The largest absolute Gasteiger partial charge is 1.00 e. The molecule has 0 unspecified atom stereocenters. The maximum atomic E-state index is 11.9. The number of benzene rings is 6. The SMILES string of the molecule is Nc1ccc(N=Nc2ccc(N=Nc3ccc(-c4ccc(N/N=C5/C=CC(=O)C(C(=O)[O-])=C5)cc4)cc3)c3ccc(S(=O)(=O)[O-])cc23)c2ccc(S(=O)(=O)[O-])cc12.[Na+].[Na+].[Na+]. The summed E-state index contributed by atoms with van der Waals surface area (Å²) in [5.41, 5.74) is 12.4. The third kappa shape index (κ3) is 11.2. The minimum atomic E-state index is -4.85. The van der Waals surface area contributed by atoms with Gasteiger partial charge < -0.3 is 24.7 Å². The van der Waals surface area contributed by atoms with Crippen molar-refractivity contribution >= 4 is 93.4 Å². The molecule has 0 amide bonds. The average molecular weight is 868 g/mol. The van der Waals surface area contributed by atoms with Crippen molar-refractivity contribution in [2.45, 2.75) is 9.79 Å². The molecule has 6 aromatic carbocycles. The summed E-state index contributed by atoms with van der Waals surface area (Å²) < 4.78 is 70.6. The number of hydrogen-bond donors (Lipinski definition) is 2. The van der Waals surface area contributed by atoms with Crippen LogP contribution in [-0.2, 0) is 29.8 Å². The van der Waals surface area contributed by atoms with E-state index in [1.54, 1.807) is 30.3 Å². The van der Waals surface area contributed by atoms with Crippen molar-refractivity contribution < 1.29 is 129 Å². The van der Waals surface area contributed by atoms with Gasteiger partial charge in [0.1, 0.15) is 20.2 Å². The molecule has 284 valence electrons. The number of anilines is 2. The molecule has 21 heteroatoms. The normalized spacial score (nSPS) is 13.5. The Balaban J connectivity index is 0.00000265. The molecule has 60 heavy (non-hydrogen) atoms. The number of carboxylic acids is 1. The predicted molar refractivity (Wildman–Crippen MR) is 207 cm³/mol. The predicted octanol–water partition coefficient (Wildman–Crippen LogP) is -2.52. The quantitative estimate of drug-likeness (QED) is 0.0276. The van der Waals surface area contributed by atoms with E-state index in [1.807, 2.05) is 24.3 Å². The molecule has 6 aromatic rings. The molecule has 0 spiro atoms. The van der Waals surface area contributed by atoms with Crippen LogP contribution in [0.5, 0.6) is 0 Å².